The molecule has 1 heterocycles. The highest BCUT2D eigenvalue weighted by atomic mass is 35.5. The van der Waals surface area contributed by atoms with Crippen molar-refractivity contribution >= 4 is 29.1 Å². The average molecular weight is 629 g/mol. The van der Waals surface area contributed by atoms with Crippen molar-refractivity contribution in [3.63, 3.8) is 0 Å². The molecule has 0 fully saturated rings. The molecule has 2 atom stereocenters. The van der Waals surface area contributed by atoms with Crippen LogP contribution in [0.1, 0.15) is 27.2 Å². The van der Waals surface area contributed by atoms with Gasteiger partial charge in [0.05, 0.1) is 37.9 Å². The molecular formula is C35H31Cl2N3O4. The lowest BCUT2D eigenvalue weighted by molar-refractivity contribution is 0.0286. The molecule has 0 bridgehead atoms. The van der Waals surface area contributed by atoms with E-state index >= 15 is 0 Å². The second kappa shape index (κ2) is 12.7. The predicted octanol–water partition coefficient (Wildman–Crippen LogP) is 7.03. The van der Waals surface area contributed by atoms with Crippen LogP contribution >= 0.6 is 23.2 Å². The number of aliphatic hydroxyl groups excluding tert-OH is 1. The maximum atomic E-state index is 14.6. The summed E-state index contributed by atoms with van der Waals surface area (Å²) < 4.78 is 12.9. The highest BCUT2D eigenvalue weighted by Gasteiger charge is 2.36. The fourth-order valence-corrected chi connectivity index (χ4v) is 6.11. The van der Waals surface area contributed by atoms with Gasteiger partial charge in [-0.3, -0.25) is 9.36 Å². The van der Waals surface area contributed by atoms with Gasteiger partial charge in [0.2, 0.25) is 0 Å². The summed E-state index contributed by atoms with van der Waals surface area (Å²) in [5.41, 5.74) is 4.62. The number of amides is 1. The lowest BCUT2D eigenvalue weighted by Crippen LogP contribution is -2.50. The van der Waals surface area contributed by atoms with Crippen LogP contribution in [0.2, 0.25) is 10.0 Å². The number of hydrogen-bond donors (Lipinski definition) is 1. The van der Waals surface area contributed by atoms with Crippen LogP contribution in [0.3, 0.4) is 0 Å². The Bertz CT molecular complexity index is 1800. The van der Waals surface area contributed by atoms with Crippen LogP contribution in [0.15, 0.2) is 97.2 Å². The molecule has 0 unspecified atom stereocenters. The Morgan fingerprint density at radius 1 is 0.932 bits per heavy atom. The van der Waals surface area contributed by atoms with Crippen molar-refractivity contribution in [3.05, 3.63) is 130 Å². The number of fused-ring (bicyclic) bond motifs is 1. The summed E-state index contributed by atoms with van der Waals surface area (Å²) in [5.74, 6) is 1.41. The number of aromatic nitrogens is 2. The van der Waals surface area contributed by atoms with Gasteiger partial charge in [0.1, 0.15) is 23.0 Å². The molecule has 224 valence electrons. The summed E-state index contributed by atoms with van der Waals surface area (Å²) in [7, 11) is 3.17. The fraction of sp³-hybridized carbons (Fsp3) is 0.200. The molecule has 0 aliphatic heterocycles. The van der Waals surface area contributed by atoms with Crippen LogP contribution in [0.4, 0.5) is 0 Å². The molecule has 4 aromatic carbocycles. The van der Waals surface area contributed by atoms with Crippen molar-refractivity contribution in [2.45, 2.75) is 31.5 Å². The third-order valence-corrected chi connectivity index (χ3v) is 8.64. The van der Waals surface area contributed by atoms with Crippen LogP contribution in [0, 0.1) is 0 Å². The van der Waals surface area contributed by atoms with E-state index in [1.165, 1.54) is 0 Å². The number of halogens is 2. The van der Waals surface area contributed by atoms with Gasteiger partial charge in [0.15, 0.2) is 0 Å². The van der Waals surface area contributed by atoms with Gasteiger partial charge in [-0.1, -0.05) is 59.6 Å². The van der Waals surface area contributed by atoms with Gasteiger partial charge in [-0.25, -0.2) is 4.98 Å². The summed E-state index contributed by atoms with van der Waals surface area (Å²) >= 11 is 12.8. The van der Waals surface area contributed by atoms with Gasteiger partial charge >= 0.3 is 0 Å². The third-order valence-electron chi connectivity index (χ3n) is 8.06. The van der Waals surface area contributed by atoms with Crippen molar-refractivity contribution in [1.29, 1.82) is 0 Å². The van der Waals surface area contributed by atoms with E-state index in [0.29, 0.717) is 45.8 Å². The molecular weight excluding hydrogens is 597 g/mol. The van der Waals surface area contributed by atoms with E-state index in [1.54, 1.807) is 49.6 Å². The highest BCUT2D eigenvalue weighted by molar-refractivity contribution is 6.33. The van der Waals surface area contributed by atoms with E-state index in [1.807, 2.05) is 65.2 Å². The van der Waals surface area contributed by atoms with Crippen LogP contribution in [-0.4, -0.2) is 51.8 Å². The van der Waals surface area contributed by atoms with E-state index < -0.39 is 12.1 Å². The normalized spacial score (nSPS) is 15.8. The third kappa shape index (κ3) is 5.91. The number of hydrogen-bond acceptors (Lipinski definition) is 5. The van der Waals surface area contributed by atoms with Crippen LogP contribution in [-0.2, 0) is 19.4 Å². The monoisotopic (exact) mass is 627 g/mol. The van der Waals surface area contributed by atoms with Crippen molar-refractivity contribution in [2.24, 2.45) is 0 Å². The number of imidazole rings is 1. The summed E-state index contributed by atoms with van der Waals surface area (Å²) in [5, 5.41) is 12.5. The lowest BCUT2D eigenvalue weighted by atomic mass is 9.85. The highest BCUT2D eigenvalue weighted by Crippen LogP contribution is 2.33. The summed E-state index contributed by atoms with van der Waals surface area (Å²) in [6.07, 6.45) is 1.87. The van der Waals surface area contributed by atoms with E-state index in [2.05, 4.69) is 6.07 Å². The first kappa shape index (κ1) is 29.8. The first-order valence-electron chi connectivity index (χ1n) is 14.2. The molecule has 5 aromatic rings. The molecule has 9 heteroatoms. The Labute approximate surface area is 266 Å². The molecule has 6 rings (SSSR count). The summed E-state index contributed by atoms with van der Waals surface area (Å²) in [4.78, 5) is 21.2. The molecule has 0 saturated carbocycles. The van der Waals surface area contributed by atoms with Crippen LogP contribution in [0.25, 0.3) is 17.1 Å². The minimum absolute atomic E-state index is 0.186. The molecule has 7 nitrogen and oxygen atoms in total. The number of rotatable bonds is 8. The Morgan fingerprint density at radius 2 is 1.64 bits per heavy atom. The number of ether oxygens (including phenoxy) is 2. The molecule has 44 heavy (non-hydrogen) atoms. The zero-order chi connectivity index (χ0) is 30.8. The lowest BCUT2D eigenvalue weighted by Gasteiger charge is -2.38. The smallest absolute Gasteiger partial charge is 0.274 e. The zero-order valence-corrected chi connectivity index (χ0v) is 25.8. The summed E-state index contributed by atoms with van der Waals surface area (Å²) in [6.45, 7) is 0.186. The minimum Gasteiger partial charge on any atom is -0.497 e. The van der Waals surface area contributed by atoms with Crippen molar-refractivity contribution in [1.82, 2.24) is 14.5 Å². The van der Waals surface area contributed by atoms with Crippen molar-refractivity contribution in [2.75, 3.05) is 14.2 Å². The number of carbonyl (C=O) groups is 1. The standard InChI is InChI=1S/C35H31Cl2N3O4/c1-43-27-16-11-24(33(19-27)44-2)20-40(31-17-22-7-3-4-8-23(22)18-32(31)41)35(42)30-21-39(26-14-12-25(36)13-15-26)34(38-30)28-9-5-6-10-29(28)37/h3-16,19,21,31-32,41H,17-18,20H2,1-2H3/t31-,32-/m0/s1. The van der Waals surface area contributed by atoms with Crippen LogP contribution < -0.4 is 9.47 Å². The van der Waals surface area contributed by atoms with Gasteiger partial charge in [0.25, 0.3) is 5.91 Å². The number of nitrogens with zero attached hydrogens (tertiary/aromatic N) is 3. The van der Waals surface area contributed by atoms with E-state index in [0.717, 1.165) is 22.4 Å². The zero-order valence-electron chi connectivity index (χ0n) is 24.3. The Hall–Kier alpha value is -4.30. The molecule has 0 saturated heterocycles. The van der Waals surface area contributed by atoms with E-state index in [-0.39, 0.29) is 18.1 Å². The molecule has 0 spiro atoms. The van der Waals surface area contributed by atoms with Gasteiger partial charge in [-0.05, 0) is 66.1 Å². The minimum atomic E-state index is -0.778. The molecule has 1 amide bonds. The van der Waals surface area contributed by atoms with Gasteiger partial charge in [0, 0.05) is 40.5 Å². The maximum absolute atomic E-state index is 14.6. The quantitative estimate of drug-likeness (QED) is 0.200. The molecule has 1 aliphatic rings. The van der Waals surface area contributed by atoms with E-state index in [4.69, 9.17) is 37.7 Å². The van der Waals surface area contributed by atoms with Gasteiger partial charge < -0.3 is 19.5 Å². The number of aliphatic hydroxyl groups is 1. The second-order valence-corrected chi connectivity index (χ2v) is 11.5. The number of carbonyl (C=O) groups excluding carboxylic acids is 1. The Kier molecular flexibility index (Phi) is 8.62. The van der Waals surface area contributed by atoms with Crippen LogP contribution in [0.5, 0.6) is 11.5 Å². The Morgan fingerprint density at radius 3 is 2.34 bits per heavy atom. The van der Waals surface area contributed by atoms with Crippen molar-refractivity contribution in [3.8, 4) is 28.6 Å². The fourth-order valence-electron chi connectivity index (χ4n) is 5.76. The van der Waals surface area contributed by atoms with E-state index in [9.17, 15) is 9.90 Å². The largest absolute Gasteiger partial charge is 0.497 e. The number of benzene rings is 4. The summed E-state index contributed by atoms with van der Waals surface area (Å²) in [6, 6.07) is 27.7. The SMILES string of the molecule is COc1ccc(CN(C(=O)c2cn(-c3ccc(Cl)cc3)c(-c3ccccc3Cl)n2)[C@H]2Cc3ccccc3C[C@@H]2O)c(OC)c1. The van der Waals surface area contributed by atoms with Gasteiger partial charge in [-0.15, -0.1) is 0 Å². The molecule has 1 aromatic heterocycles. The topological polar surface area (TPSA) is 76.8 Å². The first-order chi connectivity index (χ1) is 21.4. The predicted molar refractivity (Wildman–Crippen MR) is 172 cm³/mol. The maximum Gasteiger partial charge on any atom is 0.274 e. The number of methoxy groups -OCH3 is 2. The molecule has 1 N–H and O–H groups in total. The molecule has 1 aliphatic carbocycles. The average Bonchev–Trinajstić information content (AvgIpc) is 3.49. The van der Waals surface area contributed by atoms with Crippen molar-refractivity contribution < 1.29 is 19.4 Å². The van der Waals surface area contributed by atoms with Gasteiger partial charge in [-0.2, -0.15) is 0 Å². The molecule has 0 radical (unpaired) electrons. The second-order valence-electron chi connectivity index (χ2n) is 10.7. The Balaban J connectivity index is 1.46. The first-order valence-corrected chi connectivity index (χ1v) is 15.0.